The van der Waals surface area contributed by atoms with E-state index in [1.54, 1.807) is 39.1 Å². The lowest BCUT2D eigenvalue weighted by molar-refractivity contribution is -0.241. The van der Waals surface area contributed by atoms with Gasteiger partial charge in [0.1, 0.15) is 36.5 Å². The number of ether oxygens (including phenoxy) is 5. The lowest BCUT2D eigenvalue weighted by atomic mass is 9.83. The van der Waals surface area contributed by atoms with E-state index in [-0.39, 0.29) is 104 Å². The normalized spacial score (nSPS) is 21.0. The highest BCUT2D eigenvalue weighted by atomic mass is 32.1. The highest BCUT2D eigenvalue weighted by molar-refractivity contribution is 7.09. The predicted octanol–water partition coefficient (Wildman–Crippen LogP) is 5.40. The zero-order chi connectivity index (χ0) is 61.2. The molecule has 13 atom stereocenters. The van der Waals surface area contributed by atoms with Crippen LogP contribution in [0.4, 0.5) is 10.5 Å². The van der Waals surface area contributed by atoms with Crippen molar-refractivity contribution in [1.29, 1.82) is 0 Å². The standard InChI is InChI=1S/C60H89N7O15S/c1-12-36(6)53(48(78-10)31-51(73)67-25-16-19-43(67)56(79-11)37(7)44(68)29-40(57-62-24-26-83-57)27-38-17-14-13-15-18-38)65(8)58(76)41(34(2)3)30-45(69)52(35(4)5)66(9)60(77)81-32-39-20-21-47(82-59-55(75)54(74)46(70)33-80-59)42(28-39)63-49(71)22-23-50(72)64-61/h13-15,17-18,20-21,24,26,28,34-37,40-41,43,46,48,52-56,59,70,74-75H,12,16,19,22-23,25,27,29-33,61H2,1-11H3,(H,63,71)(H,64,72)/t36?,37-,40+,41-,43-,46+,48+,52-,53-,54-,55?,56+,59-/m0/s1. The van der Waals surface area contributed by atoms with Gasteiger partial charge in [0.05, 0.1) is 54.1 Å². The van der Waals surface area contributed by atoms with E-state index >= 15 is 0 Å². The monoisotopic (exact) mass is 1180 g/mol. The van der Waals surface area contributed by atoms with Gasteiger partial charge in [-0.25, -0.2) is 15.6 Å². The fourth-order valence-electron chi connectivity index (χ4n) is 11.3. The number of aliphatic hydroxyl groups is 3. The van der Waals surface area contributed by atoms with Crippen molar-refractivity contribution in [1.82, 2.24) is 25.1 Å². The number of aliphatic hydroxyl groups excluding tert-OH is 3. The number of aromatic nitrogens is 1. The third-order valence-corrected chi connectivity index (χ3v) is 17.2. The van der Waals surface area contributed by atoms with Crippen LogP contribution < -0.4 is 21.3 Å². The van der Waals surface area contributed by atoms with E-state index in [1.165, 1.54) is 48.6 Å². The maximum Gasteiger partial charge on any atom is 0.410 e. The first-order valence-electron chi connectivity index (χ1n) is 28.7. The van der Waals surface area contributed by atoms with Crippen molar-refractivity contribution < 1.29 is 72.6 Å². The summed E-state index contributed by atoms with van der Waals surface area (Å²) in [6.07, 6.45) is -4.25. The second kappa shape index (κ2) is 32.4. The van der Waals surface area contributed by atoms with Gasteiger partial charge >= 0.3 is 6.09 Å². The van der Waals surface area contributed by atoms with Gasteiger partial charge in [-0.3, -0.25) is 34.2 Å². The number of ketones is 2. The second-order valence-corrected chi connectivity index (χ2v) is 23.6. The van der Waals surface area contributed by atoms with E-state index in [9.17, 15) is 48.9 Å². The molecule has 3 aromatic rings. The molecule has 5 amide bonds. The summed E-state index contributed by atoms with van der Waals surface area (Å²) in [6, 6.07) is 12.4. The van der Waals surface area contributed by atoms with Crippen LogP contribution in [0.25, 0.3) is 0 Å². The number of anilines is 1. The highest BCUT2D eigenvalue weighted by Crippen LogP contribution is 2.35. The van der Waals surface area contributed by atoms with Crippen LogP contribution in [-0.4, -0.2) is 173 Å². The molecule has 2 unspecified atom stereocenters. The van der Waals surface area contributed by atoms with Gasteiger partial charge in [-0.2, -0.15) is 0 Å². The van der Waals surface area contributed by atoms with Crippen LogP contribution in [0.5, 0.6) is 5.75 Å². The minimum atomic E-state index is -1.66. The fraction of sp³-hybridized carbons (Fsp3) is 0.633. The van der Waals surface area contributed by atoms with Crippen LogP contribution in [0.15, 0.2) is 60.1 Å². The molecule has 5 rings (SSSR count). The summed E-state index contributed by atoms with van der Waals surface area (Å²) in [6.45, 7) is 12.9. The molecule has 23 heteroatoms. The number of benzene rings is 2. The number of carbonyl (C=O) groups excluding carboxylic acids is 7. The van der Waals surface area contributed by atoms with Crippen molar-refractivity contribution in [2.24, 2.45) is 35.4 Å². The van der Waals surface area contributed by atoms with Gasteiger partial charge in [-0.15, -0.1) is 11.3 Å². The molecule has 3 heterocycles. The first kappa shape index (κ1) is 67.9. The number of likely N-dealkylation sites (N-methyl/N-ethyl adjacent to an activating group) is 2. The number of nitrogens with one attached hydrogen (secondary N) is 2. The number of nitrogens with two attached hydrogens (primary N) is 1. The molecule has 0 spiro atoms. The zero-order valence-electron chi connectivity index (χ0n) is 49.9. The summed E-state index contributed by atoms with van der Waals surface area (Å²) in [5.41, 5.74) is 3.46. The number of amides is 5. The first-order chi connectivity index (χ1) is 39.5. The summed E-state index contributed by atoms with van der Waals surface area (Å²) in [7, 11) is 6.23. The van der Waals surface area contributed by atoms with Gasteiger partial charge in [0, 0.05) is 89.9 Å². The SMILES string of the molecule is CCC(C)[C@@H]([C@@H](CC(=O)N1CCC[C@H]1[C@H](OC)[C@@H](C)C(=O)C[C@@H](Cc1ccccc1)c1nccs1)OC)N(C)C(=O)[C@@H](CC(=O)[C@H](C(C)C)N(C)C(=O)OCc1ccc(O[C@@H]2OC[C@@H](O)[C@H](O)C2O)c(NC(=O)CCC(=O)NN)c1)C(C)C. The molecule has 0 radical (unpaired) electrons. The van der Waals surface area contributed by atoms with E-state index < -0.39 is 84.6 Å². The Morgan fingerprint density at radius 2 is 1.55 bits per heavy atom. The molecule has 7 N–H and O–H groups in total. The quantitative estimate of drug-likeness (QED) is 0.0267. The fourth-order valence-corrected chi connectivity index (χ4v) is 12.1. The van der Waals surface area contributed by atoms with Crippen molar-refractivity contribution >= 4 is 58.3 Å². The number of likely N-dealkylation sites (tertiary alicyclic amines) is 1. The molecule has 2 aliphatic rings. The Labute approximate surface area is 492 Å². The number of Topliss-reactive ketones (excluding diaryl/α,β-unsaturated/α-hetero) is 2. The predicted molar refractivity (Wildman–Crippen MR) is 310 cm³/mol. The van der Waals surface area contributed by atoms with Crippen LogP contribution in [-0.2, 0) is 60.7 Å². The molecule has 0 aliphatic carbocycles. The number of nitrogens with zero attached hydrogens (tertiary/aromatic N) is 4. The molecule has 0 bridgehead atoms. The number of rotatable bonds is 31. The summed E-state index contributed by atoms with van der Waals surface area (Å²) in [4.78, 5) is 106. The van der Waals surface area contributed by atoms with E-state index in [2.05, 4.69) is 22.4 Å². The number of thiazole rings is 1. The van der Waals surface area contributed by atoms with Gasteiger partial charge in [0.15, 0.2) is 5.78 Å². The molecular formula is C60H89N7O15S. The Morgan fingerprint density at radius 1 is 0.855 bits per heavy atom. The Kier molecular flexibility index (Phi) is 26.5. The van der Waals surface area contributed by atoms with Crippen molar-refractivity contribution in [2.75, 3.05) is 46.8 Å². The molecule has 2 fully saturated rings. The van der Waals surface area contributed by atoms with Crippen LogP contribution in [0, 0.1) is 29.6 Å². The molecule has 460 valence electrons. The van der Waals surface area contributed by atoms with Gasteiger partial charge < -0.3 is 59.0 Å². The molecule has 2 saturated heterocycles. The number of hydrazine groups is 1. The molecule has 0 saturated carbocycles. The maximum absolute atomic E-state index is 14.9. The second-order valence-electron chi connectivity index (χ2n) is 22.7. The van der Waals surface area contributed by atoms with Crippen LogP contribution in [0.1, 0.15) is 122 Å². The van der Waals surface area contributed by atoms with Crippen LogP contribution in [0.3, 0.4) is 0 Å². The van der Waals surface area contributed by atoms with E-state index in [4.69, 9.17) is 29.5 Å². The number of hydrogen-bond acceptors (Lipinski definition) is 18. The Morgan fingerprint density at radius 3 is 2.17 bits per heavy atom. The summed E-state index contributed by atoms with van der Waals surface area (Å²) in [5.74, 6) is 0.783. The summed E-state index contributed by atoms with van der Waals surface area (Å²) < 4.78 is 29.2. The van der Waals surface area contributed by atoms with Crippen molar-refractivity contribution in [3.05, 3.63) is 76.2 Å². The first-order valence-corrected chi connectivity index (χ1v) is 29.6. The van der Waals surface area contributed by atoms with Gasteiger partial charge in [0.25, 0.3) is 0 Å². The Hall–Kier alpha value is -5.92. The molecule has 1 aromatic heterocycles. The smallest absolute Gasteiger partial charge is 0.410 e. The average Bonchev–Trinajstić information content (AvgIpc) is 4.25. The minimum Gasteiger partial charge on any atom is -0.460 e. The lowest BCUT2D eigenvalue weighted by Gasteiger charge is -2.41. The molecule has 2 aliphatic heterocycles. The highest BCUT2D eigenvalue weighted by Gasteiger charge is 2.44. The van der Waals surface area contributed by atoms with E-state index in [0.29, 0.717) is 31.4 Å². The van der Waals surface area contributed by atoms with Gasteiger partial charge in [-0.1, -0.05) is 91.3 Å². The van der Waals surface area contributed by atoms with Crippen molar-refractivity contribution in [3.8, 4) is 5.75 Å². The third-order valence-electron chi connectivity index (χ3n) is 16.3. The number of methoxy groups -OCH3 is 2. The van der Waals surface area contributed by atoms with Crippen molar-refractivity contribution in [3.63, 3.8) is 0 Å². The van der Waals surface area contributed by atoms with Crippen LogP contribution in [0.2, 0.25) is 0 Å². The molecule has 2 aromatic carbocycles. The largest absolute Gasteiger partial charge is 0.460 e. The van der Waals surface area contributed by atoms with E-state index in [1.807, 2.05) is 68.5 Å². The van der Waals surface area contributed by atoms with Crippen molar-refractivity contribution in [2.45, 2.75) is 174 Å². The summed E-state index contributed by atoms with van der Waals surface area (Å²) >= 11 is 1.53. The minimum absolute atomic E-state index is 0.0204. The molecule has 83 heavy (non-hydrogen) atoms. The Bertz CT molecular complexity index is 2590. The van der Waals surface area contributed by atoms with Gasteiger partial charge in [0.2, 0.25) is 29.9 Å². The number of hydrogen-bond donors (Lipinski definition) is 6. The Balaban J connectivity index is 1.26. The van der Waals surface area contributed by atoms with Gasteiger partial charge in [-0.05, 0) is 60.3 Å². The maximum atomic E-state index is 14.9. The molecule has 22 nitrogen and oxygen atoms in total. The zero-order valence-corrected chi connectivity index (χ0v) is 50.8. The summed E-state index contributed by atoms with van der Waals surface area (Å²) in [5, 5.41) is 36.1. The topological polar surface area (TPSA) is 299 Å². The third kappa shape index (κ3) is 18.3. The van der Waals surface area contributed by atoms with Crippen LogP contribution >= 0.6 is 11.3 Å². The number of carbonyl (C=O) groups is 7. The average molecular weight is 1180 g/mol. The molecular weight excluding hydrogens is 1090 g/mol. The van der Waals surface area contributed by atoms with E-state index in [0.717, 1.165) is 17.0 Å². The lowest BCUT2D eigenvalue weighted by Crippen LogP contribution is -2.54.